The summed E-state index contributed by atoms with van der Waals surface area (Å²) in [6.45, 7) is 0. The van der Waals surface area contributed by atoms with Crippen molar-refractivity contribution >= 4 is 5.69 Å². The van der Waals surface area contributed by atoms with E-state index in [1.807, 2.05) is 66.7 Å². The molecule has 2 rings (SSSR count). The first-order valence-corrected chi connectivity index (χ1v) is 6.24. The van der Waals surface area contributed by atoms with Gasteiger partial charge in [0.05, 0.1) is 12.1 Å². The zero-order valence-corrected chi connectivity index (χ0v) is 10.5. The number of aliphatic hydroxyl groups excluding tert-OH is 1. The van der Waals surface area contributed by atoms with Gasteiger partial charge in [0.2, 0.25) is 0 Å². The molecule has 0 amide bonds. The van der Waals surface area contributed by atoms with Crippen LogP contribution in [-0.2, 0) is 0 Å². The highest BCUT2D eigenvalue weighted by atomic mass is 16.3. The molecule has 2 atom stereocenters. The van der Waals surface area contributed by atoms with Crippen LogP contribution in [0.5, 0.6) is 0 Å². The SMILES string of the molecule is N#CC(O)CC(Nc1ccccc1)c1ccccc1. The molecule has 0 bridgehead atoms. The normalized spacial score (nSPS) is 13.3. The van der Waals surface area contributed by atoms with Crippen LogP contribution in [0.3, 0.4) is 0 Å². The van der Waals surface area contributed by atoms with Gasteiger partial charge in [-0.15, -0.1) is 0 Å². The predicted octanol–water partition coefficient (Wildman–Crippen LogP) is 3.11. The van der Waals surface area contributed by atoms with Crippen LogP contribution in [0.1, 0.15) is 18.0 Å². The molecule has 2 aromatic rings. The third kappa shape index (κ3) is 3.84. The number of aliphatic hydroxyl groups is 1. The number of anilines is 1. The molecular weight excluding hydrogens is 236 g/mol. The predicted molar refractivity (Wildman–Crippen MR) is 75.5 cm³/mol. The van der Waals surface area contributed by atoms with Crippen LogP contribution in [0.2, 0.25) is 0 Å². The number of rotatable bonds is 5. The Labute approximate surface area is 113 Å². The third-order valence-corrected chi connectivity index (χ3v) is 2.92. The Balaban J connectivity index is 2.18. The average Bonchev–Trinajstić information content (AvgIpc) is 2.48. The maximum absolute atomic E-state index is 9.57. The van der Waals surface area contributed by atoms with Crippen molar-refractivity contribution in [2.45, 2.75) is 18.6 Å². The van der Waals surface area contributed by atoms with Crippen LogP contribution in [0, 0.1) is 11.3 Å². The summed E-state index contributed by atoms with van der Waals surface area (Å²) in [6.07, 6.45) is -0.614. The topological polar surface area (TPSA) is 56.0 Å². The van der Waals surface area contributed by atoms with Crippen molar-refractivity contribution in [2.24, 2.45) is 0 Å². The van der Waals surface area contributed by atoms with Gasteiger partial charge in [-0.1, -0.05) is 48.5 Å². The van der Waals surface area contributed by atoms with Gasteiger partial charge in [-0.25, -0.2) is 0 Å². The number of benzene rings is 2. The van der Waals surface area contributed by atoms with Crippen LogP contribution in [0.4, 0.5) is 5.69 Å². The smallest absolute Gasteiger partial charge is 0.142 e. The summed E-state index contributed by atoms with van der Waals surface area (Å²) in [4.78, 5) is 0. The molecule has 0 aliphatic carbocycles. The highest BCUT2D eigenvalue weighted by Gasteiger charge is 2.15. The fraction of sp³-hybridized carbons (Fsp3) is 0.188. The lowest BCUT2D eigenvalue weighted by atomic mass is 10.0. The fourth-order valence-corrected chi connectivity index (χ4v) is 1.98. The minimum atomic E-state index is -0.971. The van der Waals surface area contributed by atoms with Crippen molar-refractivity contribution in [3.8, 4) is 6.07 Å². The van der Waals surface area contributed by atoms with E-state index in [4.69, 9.17) is 5.26 Å². The Kier molecular flexibility index (Phi) is 4.54. The Morgan fingerprint density at radius 1 is 1.00 bits per heavy atom. The fourth-order valence-electron chi connectivity index (χ4n) is 1.98. The third-order valence-electron chi connectivity index (χ3n) is 2.92. The first-order chi connectivity index (χ1) is 9.29. The molecule has 0 aliphatic rings. The summed E-state index contributed by atoms with van der Waals surface area (Å²) in [5.41, 5.74) is 2.03. The van der Waals surface area contributed by atoms with E-state index in [9.17, 15) is 5.11 Å². The van der Waals surface area contributed by atoms with E-state index in [0.29, 0.717) is 6.42 Å². The lowest BCUT2D eigenvalue weighted by Gasteiger charge is -2.21. The van der Waals surface area contributed by atoms with Gasteiger partial charge in [-0.2, -0.15) is 5.26 Å². The summed E-state index contributed by atoms with van der Waals surface area (Å²) in [5.74, 6) is 0. The molecule has 2 aromatic carbocycles. The molecule has 0 heterocycles. The monoisotopic (exact) mass is 252 g/mol. The molecule has 0 radical (unpaired) electrons. The molecule has 96 valence electrons. The second kappa shape index (κ2) is 6.58. The molecule has 2 N–H and O–H groups in total. The summed E-state index contributed by atoms with van der Waals surface area (Å²) in [7, 11) is 0. The summed E-state index contributed by atoms with van der Waals surface area (Å²) < 4.78 is 0. The average molecular weight is 252 g/mol. The van der Waals surface area contributed by atoms with E-state index in [1.54, 1.807) is 0 Å². The molecule has 19 heavy (non-hydrogen) atoms. The number of nitriles is 1. The van der Waals surface area contributed by atoms with E-state index < -0.39 is 6.10 Å². The standard InChI is InChI=1S/C16H16N2O/c17-12-15(19)11-16(13-7-3-1-4-8-13)18-14-9-5-2-6-10-14/h1-10,15-16,18-19H,11H2. The first-order valence-electron chi connectivity index (χ1n) is 6.24. The van der Waals surface area contributed by atoms with Crippen molar-refractivity contribution in [1.82, 2.24) is 0 Å². The Morgan fingerprint density at radius 2 is 1.58 bits per heavy atom. The van der Waals surface area contributed by atoms with E-state index in [2.05, 4.69) is 5.32 Å². The summed E-state index contributed by atoms with van der Waals surface area (Å²) >= 11 is 0. The van der Waals surface area contributed by atoms with E-state index >= 15 is 0 Å². The van der Waals surface area contributed by atoms with Crippen LogP contribution in [0.25, 0.3) is 0 Å². The number of nitrogens with one attached hydrogen (secondary N) is 1. The van der Waals surface area contributed by atoms with Gasteiger partial charge in [-0.05, 0) is 17.7 Å². The van der Waals surface area contributed by atoms with Gasteiger partial charge in [0, 0.05) is 12.1 Å². The van der Waals surface area contributed by atoms with E-state index in [1.165, 1.54) is 0 Å². The van der Waals surface area contributed by atoms with Crippen molar-refractivity contribution in [1.29, 1.82) is 5.26 Å². The molecule has 3 nitrogen and oxygen atoms in total. The van der Waals surface area contributed by atoms with Crippen LogP contribution in [0.15, 0.2) is 60.7 Å². The Hall–Kier alpha value is -2.31. The van der Waals surface area contributed by atoms with Crippen molar-refractivity contribution in [2.75, 3.05) is 5.32 Å². The molecule has 3 heteroatoms. The van der Waals surface area contributed by atoms with Crippen LogP contribution < -0.4 is 5.32 Å². The van der Waals surface area contributed by atoms with Crippen LogP contribution >= 0.6 is 0 Å². The molecule has 0 fully saturated rings. The quantitative estimate of drug-likeness (QED) is 0.804. The maximum atomic E-state index is 9.57. The van der Waals surface area contributed by atoms with Crippen molar-refractivity contribution in [3.63, 3.8) is 0 Å². The van der Waals surface area contributed by atoms with Crippen molar-refractivity contribution < 1.29 is 5.11 Å². The Bertz CT molecular complexity index is 534. The highest BCUT2D eigenvalue weighted by molar-refractivity contribution is 5.45. The van der Waals surface area contributed by atoms with Gasteiger partial charge in [0.1, 0.15) is 6.10 Å². The second-order valence-corrected chi connectivity index (χ2v) is 4.35. The minimum absolute atomic E-state index is 0.0850. The van der Waals surface area contributed by atoms with Gasteiger partial charge in [0.25, 0.3) is 0 Å². The highest BCUT2D eigenvalue weighted by Crippen LogP contribution is 2.23. The molecule has 0 spiro atoms. The number of para-hydroxylation sites is 1. The molecule has 0 saturated carbocycles. The lowest BCUT2D eigenvalue weighted by molar-refractivity contribution is 0.212. The van der Waals surface area contributed by atoms with E-state index in [-0.39, 0.29) is 6.04 Å². The molecule has 0 aliphatic heterocycles. The number of nitrogens with zero attached hydrogens (tertiary/aromatic N) is 1. The Morgan fingerprint density at radius 3 is 2.16 bits per heavy atom. The molecule has 2 unspecified atom stereocenters. The molecular formula is C16H16N2O. The lowest BCUT2D eigenvalue weighted by Crippen LogP contribution is -2.17. The number of hydrogen-bond acceptors (Lipinski definition) is 3. The zero-order valence-electron chi connectivity index (χ0n) is 10.5. The van der Waals surface area contributed by atoms with Gasteiger partial charge < -0.3 is 10.4 Å². The summed E-state index contributed by atoms with van der Waals surface area (Å²) in [5, 5.41) is 21.7. The van der Waals surface area contributed by atoms with E-state index in [0.717, 1.165) is 11.3 Å². The largest absolute Gasteiger partial charge is 0.378 e. The zero-order chi connectivity index (χ0) is 13.5. The van der Waals surface area contributed by atoms with Gasteiger partial charge >= 0.3 is 0 Å². The van der Waals surface area contributed by atoms with Crippen LogP contribution in [-0.4, -0.2) is 11.2 Å². The number of hydrogen-bond donors (Lipinski definition) is 2. The first kappa shape index (κ1) is 13.1. The molecule has 0 aromatic heterocycles. The second-order valence-electron chi connectivity index (χ2n) is 4.35. The summed E-state index contributed by atoms with van der Waals surface area (Å²) in [6, 6.07) is 21.4. The molecule has 0 saturated heterocycles. The van der Waals surface area contributed by atoms with Gasteiger partial charge in [-0.3, -0.25) is 0 Å². The minimum Gasteiger partial charge on any atom is -0.378 e. The van der Waals surface area contributed by atoms with Crippen molar-refractivity contribution in [3.05, 3.63) is 66.2 Å². The maximum Gasteiger partial charge on any atom is 0.142 e. The van der Waals surface area contributed by atoms with Gasteiger partial charge in [0.15, 0.2) is 0 Å².